The number of nitrogens with two attached hydrogens (primary N) is 1. The van der Waals surface area contributed by atoms with E-state index in [9.17, 15) is 9.59 Å². The standard InChI is InChI=1S/C19H22N4O2/c1-12(18(20)25)13-7-3-2-4-10-17(24)22-15-9-6-5-8-14(15)16-11-21-19(13)23-16/h5-6,8-9,11,13H,1-4,7,10H2,(H2,20,25)(H,21,23)(H,22,24)/t13-/m0/s1. The molecule has 2 heterocycles. The SMILES string of the molecule is C=C(C(N)=O)[C@@H]1CCCCCC(=O)Nc2ccccc2-c2cnc1[nH]2. The number of imidazole rings is 1. The number of carbonyl (C=O) groups excluding carboxylic acids is 2. The van der Waals surface area contributed by atoms with E-state index in [2.05, 4.69) is 21.9 Å². The molecule has 1 aromatic carbocycles. The number of amides is 2. The van der Waals surface area contributed by atoms with Gasteiger partial charge in [0.2, 0.25) is 11.8 Å². The van der Waals surface area contributed by atoms with Crippen LogP contribution in [0.3, 0.4) is 0 Å². The van der Waals surface area contributed by atoms with Crippen LogP contribution in [0.25, 0.3) is 11.3 Å². The highest BCUT2D eigenvalue weighted by Crippen LogP contribution is 2.32. The zero-order chi connectivity index (χ0) is 17.8. The van der Waals surface area contributed by atoms with Crippen LogP contribution in [-0.2, 0) is 9.59 Å². The van der Waals surface area contributed by atoms with Gasteiger partial charge in [0.1, 0.15) is 5.82 Å². The van der Waals surface area contributed by atoms with Crippen molar-refractivity contribution in [2.45, 2.75) is 38.0 Å². The molecule has 2 aromatic rings. The lowest BCUT2D eigenvalue weighted by atomic mass is 9.92. The number of nitrogens with zero attached hydrogens (tertiary/aromatic N) is 1. The molecular weight excluding hydrogens is 316 g/mol. The maximum atomic E-state index is 12.2. The highest BCUT2D eigenvalue weighted by Gasteiger charge is 2.23. The number of anilines is 1. The van der Waals surface area contributed by atoms with Gasteiger partial charge in [0.25, 0.3) is 0 Å². The maximum Gasteiger partial charge on any atom is 0.244 e. The van der Waals surface area contributed by atoms with Crippen LogP contribution in [0, 0.1) is 0 Å². The predicted octanol–water partition coefficient (Wildman–Crippen LogP) is 3.10. The van der Waals surface area contributed by atoms with Crippen molar-refractivity contribution in [1.29, 1.82) is 0 Å². The second kappa shape index (κ2) is 7.34. The lowest BCUT2D eigenvalue weighted by Crippen LogP contribution is -2.19. The van der Waals surface area contributed by atoms with Gasteiger partial charge in [-0.05, 0) is 18.9 Å². The van der Waals surface area contributed by atoms with E-state index in [4.69, 9.17) is 5.73 Å². The Morgan fingerprint density at radius 3 is 2.84 bits per heavy atom. The summed E-state index contributed by atoms with van der Waals surface area (Å²) >= 11 is 0. The van der Waals surface area contributed by atoms with Gasteiger partial charge in [0.05, 0.1) is 17.6 Å². The number of benzene rings is 1. The van der Waals surface area contributed by atoms with Gasteiger partial charge >= 0.3 is 0 Å². The smallest absolute Gasteiger partial charge is 0.244 e. The van der Waals surface area contributed by atoms with Crippen molar-refractivity contribution < 1.29 is 9.59 Å². The number of H-pyrrole nitrogens is 1. The summed E-state index contributed by atoms with van der Waals surface area (Å²) in [6.45, 7) is 3.85. The summed E-state index contributed by atoms with van der Waals surface area (Å²) in [7, 11) is 0. The molecule has 25 heavy (non-hydrogen) atoms. The average molecular weight is 338 g/mol. The number of hydrogen-bond donors (Lipinski definition) is 3. The third-order valence-corrected chi connectivity index (χ3v) is 4.55. The van der Waals surface area contributed by atoms with Gasteiger partial charge in [-0.1, -0.05) is 37.6 Å². The van der Waals surface area contributed by atoms with Crippen molar-refractivity contribution in [3.63, 3.8) is 0 Å². The van der Waals surface area contributed by atoms with Crippen LogP contribution < -0.4 is 11.1 Å². The van der Waals surface area contributed by atoms with E-state index < -0.39 is 5.91 Å². The number of rotatable bonds is 2. The van der Waals surface area contributed by atoms with Crippen LogP contribution in [0.2, 0.25) is 0 Å². The quantitative estimate of drug-likeness (QED) is 0.733. The molecule has 130 valence electrons. The summed E-state index contributed by atoms with van der Waals surface area (Å²) < 4.78 is 0. The number of primary amides is 1. The Morgan fingerprint density at radius 2 is 2.04 bits per heavy atom. The van der Waals surface area contributed by atoms with Gasteiger partial charge in [-0.25, -0.2) is 4.98 Å². The molecule has 2 amide bonds. The van der Waals surface area contributed by atoms with Crippen LogP contribution in [0.4, 0.5) is 5.69 Å². The minimum atomic E-state index is -0.510. The number of carbonyl (C=O) groups is 2. The first-order valence-electron chi connectivity index (χ1n) is 8.49. The van der Waals surface area contributed by atoms with Gasteiger partial charge in [-0.15, -0.1) is 0 Å². The highest BCUT2D eigenvalue weighted by atomic mass is 16.1. The number of aromatic nitrogens is 2. The molecule has 0 aliphatic carbocycles. The van der Waals surface area contributed by atoms with E-state index in [1.807, 2.05) is 24.3 Å². The first-order chi connectivity index (χ1) is 12.1. The third kappa shape index (κ3) is 3.79. The van der Waals surface area contributed by atoms with Crippen molar-refractivity contribution in [3.8, 4) is 11.3 Å². The van der Waals surface area contributed by atoms with Crippen molar-refractivity contribution >= 4 is 17.5 Å². The van der Waals surface area contributed by atoms with Crippen LogP contribution in [0.15, 0.2) is 42.6 Å². The van der Waals surface area contributed by atoms with E-state index >= 15 is 0 Å². The lowest BCUT2D eigenvalue weighted by Gasteiger charge is -2.15. The van der Waals surface area contributed by atoms with Gasteiger partial charge in [0.15, 0.2) is 0 Å². The molecule has 1 aliphatic heterocycles. The van der Waals surface area contributed by atoms with Crippen molar-refractivity contribution in [2.75, 3.05) is 5.32 Å². The summed E-state index contributed by atoms with van der Waals surface area (Å²) in [6.07, 6.45) is 5.47. The summed E-state index contributed by atoms with van der Waals surface area (Å²) in [5.74, 6) is -0.0592. The Balaban J connectivity index is 2.02. The average Bonchev–Trinajstić information content (AvgIpc) is 3.07. The molecule has 1 atom stereocenters. The number of fused-ring (bicyclic) bond motifs is 4. The summed E-state index contributed by atoms with van der Waals surface area (Å²) in [5.41, 5.74) is 8.19. The number of aromatic amines is 1. The van der Waals surface area contributed by atoms with Gasteiger partial charge in [0, 0.05) is 23.5 Å². The van der Waals surface area contributed by atoms with Crippen molar-refractivity contribution in [2.24, 2.45) is 5.73 Å². The van der Waals surface area contributed by atoms with E-state index in [1.165, 1.54) is 0 Å². The number of hydrogen-bond acceptors (Lipinski definition) is 3. The van der Waals surface area contributed by atoms with E-state index in [0.29, 0.717) is 17.8 Å². The monoisotopic (exact) mass is 338 g/mol. The zero-order valence-electron chi connectivity index (χ0n) is 14.0. The van der Waals surface area contributed by atoms with Gasteiger partial charge in [-0.3, -0.25) is 9.59 Å². The second-order valence-corrected chi connectivity index (χ2v) is 6.32. The topological polar surface area (TPSA) is 101 Å². The molecule has 6 nitrogen and oxygen atoms in total. The molecule has 0 saturated heterocycles. The van der Waals surface area contributed by atoms with E-state index in [-0.39, 0.29) is 11.8 Å². The summed E-state index contributed by atoms with van der Waals surface area (Å²) in [4.78, 5) is 31.5. The minimum Gasteiger partial charge on any atom is -0.366 e. The molecule has 0 unspecified atom stereocenters. The second-order valence-electron chi connectivity index (χ2n) is 6.32. The largest absolute Gasteiger partial charge is 0.366 e. The maximum absolute atomic E-state index is 12.2. The highest BCUT2D eigenvalue weighted by molar-refractivity contribution is 5.95. The predicted molar refractivity (Wildman–Crippen MR) is 96.8 cm³/mol. The van der Waals surface area contributed by atoms with Crippen LogP contribution in [0.5, 0.6) is 0 Å². The summed E-state index contributed by atoms with van der Waals surface area (Å²) in [6, 6.07) is 7.58. The Bertz CT molecular complexity index is 809. The normalized spacial score (nSPS) is 18.1. The number of nitrogens with one attached hydrogen (secondary N) is 2. The van der Waals surface area contributed by atoms with E-state index in [1.54, 1.807) is 6.20 Å². The molecule has 1 aromatic heterocycles. The molecule has 2 bridgehead atoms. The molecule has 1 aliphatic rings. The Morgan fingerprint density at radius 1 is 1.24 bits per heavy atom. The molecule has 6 heteroatoms. The molecule has 4 N–H and O–H groups in total. The van der Waals surface area contributed by atoms with Gasteiger partial charge in [-0.2, -0.15) is 0 Å². The molecule has 3 rings (SSSR count). The zero-order valence-corrected chi connectivity index (χ0v) is 14.0. The van der Waals surface area contributed by atoms with Gasteiger partial charge < -0.3 is 16.0 Å². The summed E-state index contributed by atoms with van der Waals surface area (Å²) in [5, 5.41) is 2.97. The van der Waals surface area contributed by atoms with E-state index in [0.717, 1.165) is 42.6 Å². The Kier molecular flexibility index (Phi) is 4.97. The minimum absolute atomic E-state index is 0.00420. The molecule has 0 saturated carbocycles. The Labute approximate surface area is 146 Å². The van der Waals surface area contributed by atoms with Crippen LogP contribution in [-0.4, -0.2) is 21.8 Å². The molecule has 0 radical (unpaired) electrons. The van der Waals surface area contributed by atoms with Crippen molar-refractivity contribution in [1.82, 2.24) is 9.97 Å². The lowest BCUT2D eigenvalue weighted by molar-refractivity contribution is -0.116. The molecule has 0 fully saturated rings. The first-order valence-corrected chi connectivity index (χ1v) is 8.49. The first kappa shape index (κ1) is 17.0. The molecule has 0 spiro atoms. The fourth-order valence-corrected chi connectivity index (χ4v) is 3.15. The van der Waals surface area contributed by atoms with Crippen molar-refractivity contribution in [3.05, 3.63) is 48.4 Å². The molecular formula is C19H22N4O2. The Hall–Kier alpha value is -2.89. The fraction of sp³-hybridized carbons (Fsp3) is 0.316. The fourth-order valence-electron chi connectivity index (χ4n) is 3.15. The van der Waals surface area contributed by atoms with Crippen LogP contribution in [0.1, 0.15) is 43.8 Å². The van der Waals surface area contributed by atoms with Crippen LogP contribution >= 0.6 is 0 Å². The number of para-hydroxylation sites is 1. The third-order valence-electron chi connectivity index (χ3n) is 4.55.